The van der Waals surface area contributed by atoms with Gasteiger partial charge < -0.3 is 20.1 Å². The van der Waals surface area contributed by atoms with Crippen LogP contribution in [0.2, 0.25) is 0 Å². The molecule has 1 atom stereocenters. The highest BCUT2D eigenvalue weighted by molar-refractivity contribution is 4.87. The Hall–Kier alpha value is -0.160. The molecule has 2 saturated heterocycles. The quantitative estimate of drug-likeness (QED) is 0.804. The summed E-state index contributed by atoms with van der Waals surface area (Å²) in [5, 5.41) is 0. The number of hydrogen-bond acceptors (Lipinski definition) is 4. The fourth-order valence-corrected chi connectivity index (χ4v) is 3.20. The van der Waals surface area contributed by atoms with E-state index in [1.807, 2.05) is 0 Å². The van der Waals surface area contributed by atoms with Crippen LogP contribution in [0.4, 0.5) is 0 Å². The number of nitrogens with two attached hydrogens (primary N) is 1. The zero-order chi connectivity index (χ0) is 12.8. The van der Waals surface area contributed by atoms with E-state index >= 15 is 0 Å². The van der Waals surface area contributed by atoms with Crippen LogP contribution in [0.3, 0.4) is 0 Å². The molecule has 2 N–H and O–H groups in total. The summed E-state index contributed by atoms with van der Waals surface area (Å²) >= 11 is 0. The number of piperidine rings is 1. The molecule has 4 heteroatoms. The Labute approximate surface area is 111 Å². The van der Waals surface area contributed by atoms with Gasteiger partial charge in [0.05, 0.1) is 12.7 Å². The fraction of sp³-hybridized carbons (Fsp3) is 1.00. The van der Waals surface area contributed by atoms with Gasteiger partial charge in [0.2, 0.25) is 0 Å². The molecule has 0 radical (unpaired) electrons. The highest BCUT2D eigenvalue weighted by Gasteiger charge is 2.34. The van der Waals surface area contributed by atoms with Crippen LogP contribution >= 0.6 is 0 Å². The molecule has 0 aromatic heterocycles. The summed E-state index contributed by atoms with van der Waals surface area (Å²) in [5.74, 6) is 0. The van der Waals surface area contributed by atoms with Gasteiger partial charge in [0.15, 0.2) is 0 Å². The summed E-state index contributed by atoms with van der Waals surface area (Å²) < 4.78 is 11.3. The van der Waals surface area contributed by atoms with Gasteiger partial charge in [-0.05, 0) is 32.6 Å². The van der Waals surface area contributed by atoms with E-state index in [0.29, 0.717) is 6.10 Å². The molecule has 0 aromatic carbocycles. The molecule has 2 aliphatic heterocycles. The van der Waals surface area contributed by atoms with E-state index < -0.39 is 0 Å². The minimum absolute atomic E-state index is 0.205. The van der Waals surface area contributed by atoms with Crippen molar-refractivity contribution < 1.29 is 9.47 Å². The summed E-state index contributed by atoms with van der Waals surface area (Å²) in [6.45, 7) is 8.81. The number of rotatable bonds is 5. The van der Waals surface area contributed by atoms with Gasteiger partial charge in [-0.2, -0.15) is 0 Å². The van der Waals surface area contributed by atoms with Crippen LogP contribution in [0, 0.1) is 5.41 Å². The predicted octanol–water partition coefficient (Wildman–Crippen LogP) is 1.24. The molecule has 1 unspecified atom stereocenters. The van der Waals surface area contributed by atoms with E-state index in [0.717, 1.165) is 65.3 Å². The molecule has 0 bridgehead atoms. The molecule has 0 amide bonds. The van der Waals surface area contributed by atoms with Crippen molar-refractivity contribution in [1.29, 1.82) is 0 Å². The maximum Gasteiger partial charge on any atom is 0.0599 e. The van der Waals surface area contributed by atoms with E-state index in [1.54, 1.807) is 0 Å². The first kappa shape index (κ1) is 14.3. The highest BCUT2D eigenvalue weighted by Crippen LogP contribution is 2.29. The fourth-order valence-electron chi connectivity index (χ4n) is 3.20. The minimum Gasteiger partial charge on any atom is -0.381 e. The number of hydrogen-bond donors (Lipinski definition) is 1. The Bertz CT molecular complexity index is 234. The minimum atomic E-state index is 0.205. The summed E-state index contributed by atoms with van der Waals surface area (Å²) in [7, 11) is 0. The summed E-state index contributed by atoms with van der Waals surface area (Å²) in [5.41, 5.74) is 6.20. The van der Waals surface area contributed by atoms with Gasteiger partial charge >= 0.3 is 0 Å². The summed E-state index contributed by atoms with van der Waals surface area (Å²) in [4.78, 5) is 2.55. The molecule has 0 aromatic rings. The van der Waals surface area contributed by atoms with Gasteiger partial charge in [-0.25, -0.2) is 0 Å². The monoisotopic (exact) mass is 256 g/mol. The summed E-state index contributed by atoms with van der Waals surface area (Å²) in [6.07, 6.45) is 5.18. The third-order valence-corrected chi connectivity index (χ3v) is 4.33. The second kappa shape index (κ2) is 6.85. The lowest BCUT2D eigenvalue weighted by Crippen LogP contribution is -2.50. The standard InChI is InChI=1S/C14H28N2O2/c1-2-18-13-4-7-16(8-5-13)11-14(10-15)6-3-9-17-12-14/h13H,2-12,15H2,1H3. The average Bonchev–Trinajstić information content (AvgIpc) is 2.42. The van der Waals surface area contributed by atoms with Crippen LogP contribution in [0.1, 0.15) is 32.6 Å². The SMILES string of the molecule is CCOC1CCN(CC2(CN)CCCOC2)CC1. The van der Waals surface area contributed by atoms with Crippen LogP contribution in [0.15, 0.2) is 0 Å². The Balaban J connectivity index is 1.79. The Kier molecular flexibility index (Phi) is 5.42. The second-order valence-electron chi connectivity index (χ2n) is 5.79. The smallest absolute Gasteiger partial charge is 0.0599 e. The van der Waals surface area contributed by atoms with Crippen molar-refractivity contribution in [1.82, 2.24) is 4.90 Å². The van der Waals surface area contributed by atoms with Crippen molar-refractivity contribution in [2.75, 3.05) is 46.0 Å². The summed E-state index contributed by atoms with van der Waals surface area (Å²) in [6, 6.07) is 0. The molecule has 0 saturated carbocycles. The molecule has 106 valence electrons. The predicted molar refractivity (Wildman–Crippen MR) is 72.6 cm³/mol. The molecule has 0 aliphatic carbocycles. The molecule has 4 nitrogen and oxygen atoms in total. The van der Waals surface area contributed by atoms with Crippen LogP contribution in [0.25, 0.3) is 0 Å². The van der Waals surface area contributed by atoms with Gasteiger partial charge in [-0.3, -0.25) is 0 Å². The van der Waals surface area contributed by atoms with Gasteiger partial charge in [-0.1, -0.05) is 0 Å². The van der Waals surface area contributed by atoms with Crippen LogP contribution in [-0.2, 0) is 9.47 Å². The van der Waals surface area contributed by atoms with Crippen molar-refractivity contribution >= 4 is 0 Å². The maximum absolute atomic E-state index is 6.00. The maximum atomic E-state index is 6.00. The Morgan fingerprint density at radius 1 is 1.39 bits per heavy atom. The normalized spacial score (nSPS) is 31.7. The Morgan fingerprint density at radius 3 is 2.72 bits per heavy atom. The van der Waals surface area contributed by atoms with Crippen molar-refractivity contribution in [3.05, 3.63) is 0 Å². The van der Waals surface area contributed by atoms with E-state index in [1.165, 1.54) is 6.42 Å². The van der Waals surface area contributed by atoms with Crippen molar-refractivity contribution in [3.8, 4) is 0 Å². The number of likely N-dealkylation sites (tertiary alicyclic amines) is 1. The molecule has 2 fully saturated rings. The first-order valence-corrected chi connectivity index (χ1v) is 7.40. The number of nitrogens with zero attached hydrogens (tertiary/aromatic N) is 1. The molecule has 18 heavy (non-hydrogen) atoms. The molecule has 0 spiro atoms. The van der Waals surface area contributed by atoms with Crippen molar-refractivity contribution in [2.45, 2.75) is 38.7 Å². The Morgan fingerprint density at radius 2 is 2.17 bits per heavy atom. The van der Waals surface area contributed by atoms with E-state index in [9.17, 15) is 0 Å². The first-order valence-electron chi connectivity index (χ1n) is 7.40. The lowest BCUT2D eigenvalue weighted by molar-refractivity contribution is -0.0388. The van der Waals surface area contributed by atoms with Gasteiger partial charge in [0, 0.05) is 44.8 Å². The van der Waals surface area contributed by atoms with E-state index in [4.69, 9.17) is 15.2 Å². The third kappa shape index (κ3) is 3.67. The lowest BCUT2D eigenvalue weighted by Gasteiger charge is -2.42. The zero-order valence-electron chi connectivity index (χ0n) is 11.7. The van der Waals surface area contributed by atoms with Crippen LogP contribution < -0.4 is 5.73 Å². The first-order chi connectivity index (χ1) is 8.78. The largest absolute Gasteiger partial charge is 0.381 e. The van der Waals surface area contributed by atoms with E-state index in [-0.39, 0.29) is 5.41 Å². The molecular formula is C14H28N2O2. The van der Waals surface area contributed by atoms with Gasteiger partial charge in [-0.15, -0.1) is 0 Å². The van der Waals surface area contributed by atoms with Crippen molar-refractivity contribution in [2.24, 2.45) is 11.1 Å². The topological polar surface area (TPSA) is 47.7 Å². The molecule has 2 aliphatic rings. The van der Waals surface area contributed by atoms with E-state index in [2.05, 4.69) is 11.8 Å². The van der Waals surface area contributed by atoms with Crippen LogP contribution in [-0.4, -0.2) is 57.0 Å². The average molecular weight is 256 g/mol. The van der Waals surface area contributed by atoms with Crippen LogP contribution in [0.5, 0.6) is 0 Å². The lowest BCUT2D eigenvalue weighted by atomic mass is 9.81. The number of ether oxygens (including phenoxy) is 2. The third-order valence-electron chi connectivity index (χ3n) is 4.33. The van der Waals surface area contributed by atoms with Gasteiger partial charge in [0.1, 0.15) is 0 Å². The van der Waals surface area contributed by atoms with Gasteiger partial charge in [0.25, 0.3) is 0 Å². The zero-order valence-corrected chi connectivity index (χ0v) is 11.7. The van der Waals surface area contributed by atoms with Crippen molar-refractivity contribution in [3.63, 3.8) is 0 Å². The highest BCUT2D eigenvalue weighted by atomic mass is 16.5. The molecule has 2 rings (SSSR count). The molecule has 2 heterocycles. The second-order valence-corrected chi connectivity index (χ2v) is 5.79. The molecular weight excluding hydrogens is 228 g/mol.